The number of carbonyl (C=O) groups excluding carboxylic acids is 1. The fourth-order valence-corrected chi connectivity index (χ4v) is 3.78. The number of hydrogen-bond donors (Lipinski definition) is 1. The van der Waals surface area contributed by atoms with E-state index < -0.39 is 5.25 Å². The first-order chi connectivity index (χ1) is 13.7. The maximum atomic E-state index is 13.3. The lowest BCUT2D eigenvalue weighted by molar-refractivity contribution is -0.121. The second-order valence-electron chi connectivity index (χ2n) is 7.75. The highest BCUT2D eigenvalue weighted by Gasteiger charge is 2.23. The van der Waals surface area contributed by atoms with Crippen LogP contribution in [0.3, 0.4) is 0 Å². The summed E-state index contributed by atoms with van der Waals surface area (Å²) in [6.07, 6.45) is 0. The third-order valence-corrected chi connectivity index (χ3v) is 5.26. The molecule has 0 aliphatic rings. The molecule has 1 N–H and O–H groups in total. The zero-order valence-corrected chi connectivity index (χ0v) is 18.0. The Balaban J connectivity index is 2.12. The molecular weight excluding hydrogens is 386 g/mol. The Morgan fingerprint density at radius 1 is 1.17 bits per heavy atom. The summed E-state index contributed by atoms with van der Waals surface area (Å²) in [4.78, 5) is 30.6. The number of rotatable bonds is 5. The van der Waals surface area contributed by atoms with E-state index in [1.165, 1.54) is 16.3 Å². The first-order valence-electron chi connectivity index (χ1n) is 9.34. The number of hydrogen-bond acceptors (Lipinski definition) is 5. The zero-order chi connectivity index (χ0) is 21.2. The molecule has 0 saturated heterocycles. The zero-order valence-electron chi connectivity index (χ0n) is 17.2. The predicted molar refractivity (Wildman–Crippen MR) is 117 cm³/mol. The molecule has 1 unspecified atom stereocenters. The van der Waals surface area contributed by atoms with Gasteiger partial charge in [-0.3, -0.25) is 14.2 Å². The normalized spacial score (nSPS) is 12.6. The maximum absolute atomic E-state index is 13.3. The van der Waals surface area contributed by atoms with Crippen LogP contribution < -0.4 is 15.6 Å². The summed E-state index contributed by atoms with van der Waals surface area (Å²) in [7, 11) is 1.58. The molecule has 29 heavy (non-hydrogen) atoms. The van der Waals surface area contributed by atoms with E-state index in [4.69, 9.17) is 9.72 Å². The smallest absolute Gasteiger partial charge is 0.266 e. The molecule has 0 aliphatic heterocycles. The fraction of sp³-hybridized carbons (Fsp3) is 0.318. The molecule has 6 nitrogen and oxygen atoms in total. The second kappa shape index (κ2) is 8.29. The van der Waals surface area contributed by atoms with Crippen molar-refractivity contribution in [2.24, 2.45) is 0 Å². The van der Waals surface area contributed by atoms with Crippen LogP contribution in [0.25, 0.3) is 16.6 Å². The molecule has 1 heterocycles. The van der Waals surface area contributed by atoms with Gasteiger partial charge in [0.1, 0.15) is 5.75 Å². The van der Waals surface area contributed by atoms with E-state index in [0.717, 1.165) is 0 Å². The Hall–Kier alpha value is -2.80. The molecule has 0 saturated carbocycles. The van der Waals surface area contributed by atoms with Crippen molar-refractivity contribution in [1.82, 2.24) is 14.9 Å². The van der Waals surface area contributed by atoms with Gasteiger partial charge in [-0.25, -0.2) is 4.98 Å². The summed E-state index contributed by atoms with van der Waals surface area (Å²) < 4.78 is 6.85. The average Bonchev–Trinajstić information content (AvgIpc) is 2.67. The molecule has 0 radical (unpaired) electrons. The summed E-state index contributed by atoms with van der Waals surface area (Å²) >= 11 is 1.26. The van der Waals surface area contributed by atoms with Crippen LogP contribution >= 0.6 is 11.8 Å². The van der Waals surface area contributed by atoms with Crippen molar-refractivity contribution in [3.05, 3.63) is 58.9 Å². The van der Waals surface area contributed by atoms with Crippen LogP contribution in [0.5, 0.6) is 5.75 Å². The molecule has 1 atom stereocenters. The van der Waals surface area contributed by atoms with Crippen molar-refractivity contribution in [2.45, 2.75) is 43.6 Å². The highest BCUT2D eigenvalue weighted by atomic mass is 32.2. The summed E-state index contributed by atoms with van der Waals surface area (Å²) in [6, 6.07) is 14.5. The van der Waals surface area contributed by atoms with E-state index in [1.54, 1.807) is 25.3 Å². The standard InChI is InChI=1S/C22H25N3O3S/c1-14(19(26)24-22(2,3)4)29-21-23-18-12-7-6-11-17(18)20(27)25(21)15-9-8-10-16(13-15)28-5/h6-14H,1-5H3,(H,24,26). The largest absolute Gasteiger partial charge is 0.497 e. The molecule has 1 amide bonds. The minimum Gasteiger partial charge on any atom is -0.497 e. The van der Waals surface area contributed by atoms with Crippen LogP contribution in [0.2, 0.25) is 0 Å². The van der Waals surface area contributed by atoms with Gasteiger partial charge >= 0.3 is 0 Å². The second-order valence-corrected chi connectivity index (χ2v) is 9.06. The molecule has 152 valence electrons. The highest BCUT2D eigenvalue weighted by Crippen LogP contribution is 2.26. The molecule has 3 aromatic rings. The van der Waals surface area contributed by atoms with E-state index in [9.17, 15) is 9.59 Å². The molecule has 2 aromatic carbocycles. The Bertz CT molecular complexity index is 1100. The van der Waals surface area contributed by atoms with Gasteiger partial charge in [0.25, 0.3) is 5.56 Å². The monoisotopic (exact) mass is 411 g/mol. The quantitative estimate of drug-likeness (QED) is 0.511. The molecule has 0 spiro atoms. The molecule has 1 aromatic heterocycles. The number of benzene rings is 2. The number of nitrogens with zero attached hydrogens (tertiary/aromatic N) is 2. The van der Waals surface area contributed by atoms with Crippen LogP contribution in [0.1, 0.15) is 27.7 Å². The lowest BCUT2D eigenvalue weighted by Gasteiger charge is -2.23. The Kier molecular flexibility index (Phi) is 5.98. The highest BCUT2D eigenvalue weighted by molar-refractivity contribution is 8.00. The Morgan fingerprint density at radius 2 is 1.90 bits per heavy atom. The molecular formula is C22H25N3O3S. The topological polar surface area (TPSA) is 73.2 Å². The SMILES string of the molecule is COc1cccc(-n2c(SC(C)C(=O)NC(C)(C)C)nc3ccccc3c2=O)c1. The number of para-hydroxylation sites is 1. The predicted octanol–water partition coefficient (Wildman–Crippen LogP) is 3.79. The van der Waals surface area contributed by atoms with E-state index in [0.29, 0.717) is 27.5 Å². The van der Waals surface area contributed by atoms with E-state index in [2.05, 4.69) is 5.32 Å². The lowest BCUT2D eigenvalue weighted by Crippen LogP contribution is -2.44. The van der Waals surface area contributed by atoms with Crippen LogP contribution in [0.15, 0.2) is 58.5 Å². The third-order valence-electron chi connectivity index (χ3n) is 4.21. The van der Waals surface area contributed by atoms with Gasteiger partial charge in [0.2, 0.25) is 5.91 Å². The molecule has 3 rings (SSSR count). The summed E-state index contributed by atoms with van der Waals surface area (Å²) in [5.74, 6) is 0.527. The van der Waals surface area contributed by atoms with E-state index in [1.807, 2.05) is 58.0 Å². The van der Waals surface area contributed by atoms with Crippen molar-refractivity contribution in [2.75, 3.05) is 7.11 Å². The number of nitrogens with one attached hydrogen (secondary N) is 1. The fourth-order valence-electron chi connectivity index (χ4n) is 2.85. The summed E-state index contributed by atoms with van der Waals surface area (Å²) in [5.41, 5.74) is 0.714. The van der Waals surface area contributed by atoms with Gasteiger partial charge in [-0.1, -0.05) is 30.0 Å². The minimum absolute atomic E-state index is 0.109. The summed E-state index contributed by atoms with van der Waals surface area (Å²) in [5, 5.41) is 3.52. The Morgan fingerprint density at radius 3 is 2.59 bits per heavy atom. The van der Waals surface area contributed by atoms with Crippen molar-refractivity contribution < 1.29 is 9.53 Å². The number of methoxy groups -OCH3 is 1. The van der Waals surface area contributed by atoms with Gasteiger partial charge in [-0.15, -0.1) is 0 Å². The van der Waals surface area contributed by atoms with Crippen LogP contribution in [-0.4, -0.2) is 33.4 Å². The number of ether oxygens (including phenoxy) is 1. The van der Waals surface area contributed by atoms with Gasteiger partial charge in [0.15, 0.2) is 5.16 Å². The number of carbonyl (C=O) groups is 1. The van der Waals surface area contributed by atoms with Gasteiger partial charge in [0.05, 0.1) is 29.0 Å². The molecule has 7 heteroatoms. The van der Waals surface area contributed by atoms with Crippen LogP contribution in [0.4, 0.5) is 0 Å². The lowest BCUT2D eigenvalue weighted by atomic mass is 10.1. The van der Waals surface area contributed by atoms with Crippen LogP contribution in [0, 0.1) is 0 Å². The molecule has 0 bridgehead atoms. The van der Waals surface area contributed by atoms with E-state index in [-0.39, 0.29) is 17.0 Å². The summed E-state index contributed by atoms with van der Waals surface area (Å²) in [6.45, 7) is 7.61. The van der Waals surface area contributed by atoms with Gasteiger partial charge in [-0.05, 0) is 52.0 Å². The molecule has 0 fully saturated rings. The Labute approximate surface area is 174 Å². The average molecular weight is 412 g/mol. The molecule has 0 aliphatic carbocycles. The van der Waals surface area contributed by atoms with Crippen molar-refractivity contribution in [1.29, 1.82) is 0 Å². The number of thioether (sulfide) groups is 1. The number of fused-ring (bicyclic) bond motifs is 1. The third kappa shape index (κ3) is 4.79. The first-order valence-corrected chi connectivity index (χ1v) is 10.2. The minimum atomic E-state index is -0.431. The van der Waals surface area contributed by atoms with Crippen molar-refractivity contribution >= 4 is 28.6 Å². The van der Waals surface area contributed by atoms with Gasteiger partial charge < -0.3 is 10.1 Å². The van der Waals surface area contributed by atoms with Crippen molar-refractivity contribution in [3.63, 3.8) is 0 Å². The maximum Gasteiger partial charge on any atom is 0.266 e. The van der Waals surface area contributed by atoms with Gasteiger partial charge in [0, 0.05) is 11.6 Å². The van der Waals surface area contributed by atoms with Crippen molar-refractivity contribution in [3.8, 4) is 11.4 Å². The number of amides is 1. The number of aromatic nitrogens is 2. The first kappa shape index (κ1) is 20.9. The van der Waals surface area contributed by atoms with Gasteiger partial charge in [-0.2, -0.15) is 0 Å². The van der Waals surface area contributed by atoms with E-state index >= 15 is 0 Å². The van der Waals surface area contributed by atoms with Crippen LogP contribution in [-0.2, 0) is 4.79 Å².